The van der Waals surface area contributed by atoms with Crippen molar-refractivity contribution in [2.45, 2.75) is 56.6 Å². The van der Waals surface area contributed by atoms with Crippen molar-refractivity contribution in [2.75, 3.05) is 27.2 Å². The lowest BCUT2D eigenvalue weighted by molar-refractivity contribution is -0.906. The Kier molecular flexibility index (Phi) is 5.79. The number of hydrogen-bond acceptors (Lipinski definition) is 2. The number of hydrogen-bond donors (Lipinski definition) is 1. The SMILES string of the molecule is C[N+](C)(Cc1ccc(F)cc1)C[C@@H](O)COc1ccc(C23CC4CC(CC(C4)C2)C3)cc1. The van der Waals surface area contributed by atoms with Crippen molar-refractivity contribution in [3.8, 4) is 5.75 Å². The summed E-state index contributed by atoms with van der Waals surface area (Å²) in [6.07, 6.45) is 7.96. The Morgan fingerprint density at radius 2 is 1.50 bits per heavy atom. The zero-order valence-electron chi connectivity index (χ0n) is 19.5. The molecular weight excluding hydrogens is 401 g/mol. The van der Waals surface area contributed by atoms with Gasteiger partial charge in [-0.2, -0.15) is 0 Å². The van der Waals surface area contributed by atoms with Crippen LogP contribution in [-0.4, -0.2) is 42.9 Å². The number of likely N-dealkylation sites (N-methyl/N-ethyl adjacent to an activating group) is 1. The Balaban J connectivity index is 1.14. The molecule has 0 spiro atoms. The number of aliphatic hydroxyl groups excluding tert-OH is 1. The van der Waals surface area contributed by atoms with Gasteiger partial charge in [-0.3, -0.25) is 0 Å². The molecule has 4 heteroatoms. The zero-order chi connectivity index (χ0) is 22.3. The van der Waals surface area contributed by atoms with Crippen molar-refractivity contribution in [3.05, 3.63) is 65.5 Å². The summed E-state index contributed by atoms with van der Waals surface area (Å²) < 4.78 is 19.7. The second kappa shape index (κ2) is 8.46. The minimum atomic E-state index is -0.562. The van der Waals surface area contributed by atoms with Gasteiger partial charge in [-0.15, -0.1) is 0 Å². The van der Waals surface area contributed by atoms with Crippen LogP contribution in [0.25, 0.3) is 0 Å². The Bertz CT molecular complexity index is 886. The summed E-state index contributed by atoms with van der Waals surface area (Å²) in [7, 11) is 4.15. The van der Waals surface area contributed by atoms with Crippen molar-refractivity contribution in [3.63, 3.8) is 0 Å². The maximum atomic E-state index is 13.1. The van der Waals surface area contributed by atoms with Crippen LogP contribution in [-0.2, 0) is 12.0 Å². The smallest absolute Gasteiger partial charge is 0.137 e. The van der Waals surface area contributed by atoms with Crippen LogP contribution >= 0.6 is 0 Å². The van der Waals surface area contributed by atoms with Gasteiger partial charge < -0.3 is 14.3 Å². The summed E-state index contributed by atoms with van der Waals surface area (Å²) in [4.78, 5) is 0. The number of rotatable bonds is 8. The molecule has 6 rings (SSSR count). The van der Waals surface area contributed by atoms with E-state index in [9.17, 15) is 9.50 Å². The molecule has 0 aromatic heterocycles. The summed E-state index contributed by atoms with van der Waals surface area (Å²) in [5.41, 5.74) is 2.97. The van der Waals surface area contributed by atoms with Crippen molar-refractivity contribution >= 4 is 0 Å². The van der Waals surface area contributed by atoms with E-state index in [-0.39, 0.29) is 12.4 Å². The molecule has 2 aromatic rings. The molecule has 0 unspecified atom stereocenters. The Morgan fingerprint density at radius 1 is 0.938 bits per heavy atom. The summed E-state index contributed by atoms with van der Waals surface area (Å²) in [6.45, 7) is 1.58. The predicted molar refractivity (Wildman–Crippen MR) is 125 cm³/mol. The average molecular weight is 439 g/mol. The molecule has 4 fully saturated rings. The molecule has 172 valence electrons. The molecule has 0 amide bonds. The lowest BCUT2D eigenvalue weighted by Crippen LogP contribution is -2.48. The first-order valence-electron chi connectivity index (χ1n) is 12.3. The monoisotopic (exact) mass is 438 g/mol. The fraction of sp³-hybridized carbons (Fsp3) is 0.571. The number of ether oxygens (including phenoxy) is 1. The van der Waals surface area contributed by atoms with Crippen molar-refractivity contribution < 1.29 is 18.7 Å². The Hall–Kier alpha value is -1.91. The highest BCUT2D eigenvalue weighted by Gasteiger charge is 2.51. The van der Waals surface area contributed by atoms with Crippen LogP contribution in [0, 0.1) is 23.6 Å². The zero-order valence-corrected chi connectivity index (χ0v) is 19.5. The average Bonchev–Trinajstić information content (AvgIpc) is 2.73. The van der Waals surface area contributed by atoms with E-state index in [1.54, 1.807) is 0 Å². The second-order valence-corrected chi connectivity index (χ2v) is 11.6. The van der Waals surface area contributed by atoms with E-state index in [1.807, 2.05) is 12.1 Å². The number of aliphatic hydroxyl groups is 1. The summed E-state index contributed by atoms with van der Waals surface area (Å²) in [5, 5.41) is 10.6. The molecule has 2 aromatic carbocycles. The maximum absolute atomic E-state index is 13.1. The highest BCUT2D eigenvalue weighted by atomic mass is 19.1. The van der Waals surface area contributed by atoms with E-state index < -0.39 is 6.10 Å². The van der Waals surface area contributed by atoms with Crippen LogP contribution in [0.15, 0.2) is 48.5 Å². The normalized spacial score (nSPS) is 29.8. The first-order chi connectivity index (χ1) is 15.3. The van der Waals surface area contributed by atoms with Gasteiger partial charge in [-0.25, -0.2) is 4.39 Å². The van der Waals surface area contributed by atoms with Gasteiger partial charge in [0.25, 0.3) is 0 Å². The van der Waals surface area contributed by atoms with Crippen LogP contribution in [0.1, 0.15) is 49.7 Å². The van der Waals surface area contributed by atoms with Crippen molar-refractivity contribution in [2.24, 2.45) is 17.8 Å². The molecule has 0 aliphatic heterocycles. The third-order valence-electron chi connectivity index (χ3n) is 8.18. The second-order valence-electron chi connectivity index (χ2n) is 11.6. The first kappa shape index (κ1) is 21.9. The van der Waals surface area contributed by atoms with Gasteiger partial charge in [-0.05, 0) is 91.5 Å². The fourth-order valence-corrected chi connectivity index (χ4v) is 7.33. The van der Waals surface area contributed by atoms with Gasteiger partial charge in [0.2, 0.25) is 0 Å². The molecule has 4 saturated carbocycles. The molecule has 3 nitrogen and oxygen atoms in total. The van der Waals surface area contributed by atoms with Crippen LogP contribution in [0.5, 0.6) is 5.75 Å². The molecule has 4 aliphatic carbocycles. The molecule has 0 saturated heterocycles. The van der Waals surface area contributed by atoms with Crippen LogP contribution in [0.3, 0.4) is 0 Å². The maximum Gasteiger partial charge on any atom is 0.137 e. The topological polar surface area (TPSA) is 29.5 Å². The first-order valence-corrected chi connectivity index (χ1v) is 12.3. The fourth-order valence-electron chi connectivity index (χ4n) is 7.33. The predicted octanol–water partition coefficient (Wildman–Crippen LogP) is 5.31. The largest absolute Gasteiger partial charge is 0.491 e. The third kappa shape index (κ3) is 4.72. The molecule has 4 aliphatic rings. The molecule has 0 heterocycles. The van der Waals surface area contributed by atoms with E-state index in [4.69, 9.17) is 4.74 Å². The molecule has 4 bridgehead atoms. The molecular formula is C28H37FNO2+. The molecule has 0 radical (unpaired) electrons. The van der Waals surface area contributed by atoms with Crippen molar-refractivity contribution in [1.82, 2.24) is 0 Å². The standard InChI is InChI=1S/C28H37FNO2/c1-30(2,17-20-3-7-25(29)8-4-20)18-26(31)19-32-27-9-5-24(6-10-27)28-14-21-11-22(15-28)13-23(12-21)16-28/h3-10,21-23,26,31H,11-19H2,1-2H3/q+1/t21?,22?,23?,26-,28?/m1/s1. The highest BCUT2D eigenvalue weighted by Crippen LogP contribution is 2.60. The summed E-state index contributed by atoms with van der Waals surface area (Å²) >= 11 is 0. The summed E-state index contributed by atoms with van der Waals surface area (Å²) in [6, 6.07) is 15.3. The van der Waals surface area contributed by atoms with Crippen molar-refractivity contribution in [1.29, 1.82) is 0 Å². The van der Waals surface area contributed by atoms with E-state index in [0.29, 0.717) is 16.4 Å². The lowest BCUT2D eigenvalue weighted by atomic mass is 9.48. The van der Waals surface area contributed by atoms with Crippen LogP contribution in [0.2, 0.25) is 0 Å². The molecule has 32 heavy (non-hydrogen) atoms. The number of quaternary nitrogens is 1. The minimum absolute atomic E-state index is 0.221. The highest BCUT2D eigenvalue weighted by molar-refractivity contribution is 5.34. The Morgan fingerprint density at radius 3 is 2.06 bits per heavy atom. The molecule has 1 N–H and O–H groups in total. The van der Waals surface area contributed by atoms with Gasteiger partial charge in [0.1, 0.15) is 37.4 Å². The minimum Gasteiger partial charge on any atom is -0.491 e. The third-order valence-corrected chi connectivity index (χ3v) is 8.18. The number of nitrogens with zero attached hydrogens (tertiary/aromatic N) is 1. The van der Waals surface area contributed by atoms with E-state index in [2.05, 4.69) is 38.4 Å². The van der Waals surface area contributed by atoms with Crippen LogP contribution < -0.4 is 4.74 Å². The van der Waals surface area contributed by atoms with E-state index in [1.165, 1.54) is 56.2 Å². The number of benzene rings is 2. The van der Waals surface area contributed by atoms with Gasteiger partial charge in [0, 0.05) is 5.56 Å². The summed E-state index contributed by atoms with van der Waals surface area (Å²) in [5.74, 6) is 3.46. The Labute approximate surface area is 191 Å². The van der Waals surface area contributed by atoms with E-state index in [0.717, 1.165) is 35.6 Å². The van der Waals surface area contributed by atoms with Gasteiger partial charge in [0.05, 0.1) is 14.1 Å². The van der Waals surface area contributed by atoms with E-state index >= 15 is 0 Å². The van der Waals surface area contributed by atoms with Gasteiger partial charge in [-0.1, -0.05) is 24.3 Å². The quantitative estimate of drug-likeness (QED) is 0.566. The van der Waals surface area contributed by atoms with Gasteiger partial charge >= 0.3 is 0 Å². The molecule has 1 atom stereocenters. The van der Waals surface area contributed by atoms with Gasteiger partial charge in [0.15, 0.2) is 0 Å². The lowest BCUT2D eigenvalue weighted by Gasteiger charge is -2.57. The van der Waals surface area contributed by atoms with Crippen LogP contribution in [0.4, 0.5) is 4.39 Å². The number of halogens is 1.